The number of nitrogens with one attached hydrogen (secondary N) is 2. The van der Waals surface area contributed by atoms with Gasteiger partial charge in [-0.15, -0.1) is 0 Å². The van der Waals surface area contributed by atoms with Crippen LogP contribution in [0.5, 0.6) is 0 Å². The van der Waals surface area contributed by atoms with Crippen LogP contribution >= 0.6 is 0 Å². The Morgan fingerprint density at radius 2 is 2.21 bits per heavy atom. The lowest BCUT2D eigenvalue weighted by Gasteiger charge is -2.18. The minimum absolute atomic E-state index is 0.00963. The quantitative estimate of drug-likeness (QED) is 0.752. The highest BCUT2D eigenvalue weighted by Crippen LogP contribution is 1.94. The van der Waals surface area contributed by atoms with E-state index in [2.05, 4.69) is 10.3 Å². The largest absolute Gasteiger partial charge is 0.364 e. The second-order valence-electron chi connectivity index (χ2n) is 3.03. The molecule has 0 unspecified atom stereocenters. The average Bonchev–Trinajstić information content (AvgIpc) is 2.69. The predicted molar refractivity (Wildman–Crippen MR) is 55.9 cm³/mol. The molecule has 0 saturated heterocycles. The van der Waals surface area contributed by atoms with Gasteiger partial charge in [-0.25, -0.2) is 4.79 Å². The Balaban J connectivity index is 2.34. The molecule has 0 aliphatic carbocycles. The minimum atomic E-state index is -0.00963. The summed E-state index contributed by atoms with van der Waals surface area (Å²) >= 11 is 0. The van der Waals surface area contributed by atoms with Gasteiger partial charge < -0.3 is 15.2 Å². The van der Waals surface area contributed by atoms with Gasteiger partial charge in [0.1, 0.15) is 0 Å². The Labute approximate surface area is 84.3 Å². The molecule has 4 nitrogen and oxygen atoms in total. The van der Waals surface area contributed by atoms with E-state index in [0.717, 1.165) is 18.8 Å². The molecule has 4 heteroatoms. The number of rotatable bonds is 4. The van der Waals surface area contributed by atoms with Crippen molar-refractivity contribution in [1.29, 1.82) is 0 Å². The Hall–Kier alpha value is -1.45. The van der Waals surface area contributed by atoms with Crippen molar-refractivity contribution in [3.05, 3.63) is 24.0 Å². The van der Waals surface area contributed by atoms with Crippen molar-refractivity contribution < 1.29 is 4.79 Å². The normalized spacial score (nSPS) is 9.86. The number of nitrogens with zero attached hydrogens (tertiary/aromatic N) is 1. The molecule has 0 aliphatic heterocycles. The second-order valence-corrected chi connectivity index (χ2v) is 3.03. The molecule has 14 heavy (non-hydrogen) atoms. The van der Waals surface area contributed by atoms with Crippen LogP contribution in [0.3, 0.4) is 0 Å². The van der Waals surface area contributed by atoms with E-state index < -0.39 is 0 Å². The molecular weight excluding hydrogens is 178 g/mol. The zero-order valence-corrected chi connectivity index (χ0v) is 8.71. The monoisotopic (exact) mass is 195 g/mol. The Bertz CT molecular complexity index is 265. The van der Waals surface area contributed by atoms with Gasteiger partial charge in [0.05, 0.1) is 6.54 Å². The third kappa shape index (κ3) is 2.80. The molecule has 0 aromatic carbocycles. The van der Waals surface area contributed by atoms with Crippen LogP contribution in [0.4, 0.5) is 4.79 Å². The van der Waals surface area contributed by atoms with Crippen molar-refractivity contribution in [2.45, 2.75) is 20.4 Å². The third-order valence-electron chi connectivity index (χ3n) is 2.14. The molecule has 0 radical (unpaired) electrons. The SMILES string of the molecule is CCN(CC)C(=O)NCc1ccc[nH]1. The molecule has 0 saturated carbocycles. The number of amides is 2. The van der Waals surface area contributed by atoms with Crippen LogP contribution in [0.2, 0.25) is 0 Å². The van der Waals surface area contributed by atoms with E-state index in [-0.39, 0.29) is 6.03 Å². The second kappa shape index (κ2) is 5.32. The van der Waals surface area contributed by atoms with Crippen molar-refractivity contribution in [3.8, 4) is 0 Å². The summed E-state index contributed by atoms with van der Waals surface area (Å²) in [7, 11) is 0. The Morgan fingerprint density at radius 3 is 2.71 bits per heavy atom. The van der Waals surface area contributed by atoms with E-state index in [4.69, 9.17) is 0 Å². The molecule has 0 fully saturated rings. The van der Waals surface area contributed by atoms with E-state index in [1.165, 1.54) is 0 Å². The first kappa shape index (κ1) is 10.6. The lowest BCUT2D eigenvalue weighted by Crippen LogP contribution is -2.39. The maximum Gasteiger partial charge on any atom is 0.317 e. The van der Waals surface area contributed by atoms with Crippen LogP contribution in [0.1, 0.15) is 19.5 Å². The lowest BCUT2D eigenvalue weighted by atomic mass is 10.4. The highest BCUT2D eigenvalue weighted by molar-refractivity contribution is 5.73. The topological polar surface area (TPSA) is 48.1 Å². The molecule has 2 amide bonds. The number of aromatic amines is 1. The molecule has 1 rings (SSSR count). The summed E-state index contributed by atoms with van der Waals surface area (Å²) in [5.74, 6) is 0. The van der Waals surface area contributed by atoms with Crippen LogP contribution in [-0.2, 0) is 6.54 Å². The number of hydrogen-bond acceptors (Lipinski definition) is 1. The Morgan fingerprint density at radius 1 is 1.50 bits per heavy atom. The molecule has 78 valence electrons. The summed E-state index contributed by atoms with van der Waals surface area (Å²) in [6.07, 6.45) is 1.85. The first-order chi connectivity index (χ1) is 6.77. The first-order valence-electron chi connectivity index (χ1n) is 4.93. The van der Waals surface area contributed by atoms with E-state index in [9.17, 15) is 4.79 Å². The molecule has 1 heterocycles. The summed E-state index contributed by atoms with van der Waals surface area (Å²) in [5, 5.41) is 2.84. The molecule has 0 atom stereocenters. The van der Waals surface area contributed by atoms with E-state index >= 15 is 0 Å². The van der Waals surface area contributed by atoms with Gasteiger partial charge in [-0.1, -0.05) is 0 Å². The van der Waals surface area contributed by atoms with Gasteiger partial charge in [-0.05, 0) is 26.0 Å². The fourth-order valence-electron chi connectivity index (χ4n) is 1.27. The highest BCUT2D eigenvalue weighted by atomic mass is 16.2. The van der Waals surface area contributed by atoms with E-state index in [0.29, 0.717) is 6.54 Å². The summed E-state index contributed by atoms with van der Waals surface area (Å²) < 4.78 is 0. The van der Waals surface area contributed by atoms with Crippen LogP contribution < -0.4 is 5.32 Å². The highest BCUT2D eigenvalue weighted by Gasteiger charge is 2.07. The lowest BCUT2D eigenvalue weighted by molar-refractivity contribution is 0.202. The number of urea groups is 1. The number of carbonyl (C=O) groups excluding carboxylic acids is 1. The van der Waals surface area contributed by atoms with Crippen LogP contribution in [-0.4, -0.2) is 29.0 Å². The van der Waals surface area contributed by atoms with Crippen LogP contribution in [0, 0.1) is 0 Å². The fourth-order valence-corrected chi connectivity index (χ4v) is 1.27. The first-order valence-corrected chi connectivity index (χ1v) is 4.93. The zero-order valence-electron chi connectivity index (χ0n) is 8.71. The molecule has 0 spiro atoms. The molecular formula is C10H17N3O. The third-order valence-corrected chi connectivity index (χ3v) is 2.14. The van der Waals surface area contributed by atoms with Crippen molar-refractivity contribution in [1.82, 2.24) is 15.2 Å². The smallest absolute Gasteiger partial charge is 0.317 e. The maximum absolute atomic E-state index is 11.5. The van der Waals surface area contributed by atoms with Gasteiger partial charge in [0.2, 0.25) is 0 Å². The van der Waals surface area contributed by atoms with Crippen molar-refractivity contribution in [2.75, 3.05) is 13.1 Å². The number of H-pyrrole nitrogens is 1. The van der Waals surface area contributed by atoms with E-state index in [1.54, 1.807) is 4.90 Å². The standard InChI is InChI=1S/C10H17N3O/c1-3-13(4-2)10(14)12-8-9-6-5-7-11-9/h5-7,11H,3-4,8H2,1-2H3,(H,12,14). The van der Waals surface area contributed by atoms with Gasteiger partial charge in [-0.2, -0.15) is 0 Å². The molecule has 0 aliphatic rings. The predicted octanol–water partition coefficient (Wildman–Crippen LogP) is 1.57. The molecule has 1 aromatic heterocycles. The van der Waals surface area contributed by atoms with Gasteiger partial charge in [0, 0.05) is 25.0 Å². The zero-order chi connectivity index (χ0) is 10.4. The Kier molecular flexibility index (Phi) is 4.04. The van der Waals surface area contributed by atoms with Gasteiger partial charge in [0.15, 0.2) is 0 Å². The minimum Gasteiger partial charge on any atom is -0.364 e. The maximum atomic E-state index is 11.5. The number of aromatic nitrogens is 1. The van der Waals surface area contributed by atoms with Crippen LogP contribution in [0.25, 0.3) is 0 Å². The summed E-state index contributed by atoms with van der Waals surface area (Å²) in [4.78, 5) is 16.3. The van der Waals surface area contributed by atoms with E-state index in [1.807, 2.05) is 32.2 Å². The average molecular weight is 195 g/mol. The summed E-state index contributed by atoms with van der Waals surface area (Å²) in [6.45, 7) is 5.98. The van der Waals surface area contributed by atoms with Crippen molar-refractivity contribution in [3.63, 3.8) is 0 Å². The fraction of sp³-hybridized carbons (Fsp3) is 0.500. The molecule has 1 aromatic rings. The van der Waals surface area contributed by atoms with Gasteiger partial charge in [-0.3, -0.25) is 0 Å². The number of hydrogen-bond donors (Lipinski definition) is 2. The molecule has 0 bridgehead atoms. The summed E-state index contributed by atoms with van der Waals surface area (Å²) in [6, 6.07) is 3.85. The van der Waals surface area contributed by atoms with Gasteiger partial charge in [0.25, 0.3) is 0 Å². The number of carbonyl (C=O) groups is 1. The van der Waals surface area contributed by atoms with Crippen molar-refractivity contribution in [2.24, 2.45) is 0 Å². The van der Waals surface area contributed by atoms with Crippen molar-refractivity contribution >= 4 is 6.03 Å². The molecule has 2 N–H and O–H groups in total. The van der Waals surface area contributed by atoms with Crippen LogP contribution in [0.15, 0.2) is 18.3 Å². The van der Waals surface area contributed by atoms with Gasteiger partial charge >= 0.3 is 6.03 Å². The summed E-state index contributed by atoms with van der Waals surface area (Å²) in [5.41, 5.74) is 1.02.